The summed E-state index contributed by atoms with van der Waals surface area (Å²) in [6.45, 7) is 2.40. The van der Waals surface area contributed by atoms with Gasteiger partial charge in [-0.2, -0.15) is 5.10 Å². The van der Waals surface area contributed by atoms with Crippen molar-refractivity contribution in [2.45, 2.75) is 25.9 Å². The standard InChI is InChI=1S/C31H28FN5O2/c1-3-27-26-20-36(31(38)33-23-15-13-22(32)14-16-23)29(21-11-17-25(39-2)18-12-21)28-10-7-19-35(28)30(26)37(34-27)24-8-5-4-6-9-24/h4-19,29H,3,20H2,1-2H3,(H,33,38)/t29-/m0/s1. The van der Waals surface area contributed by atoms with E-state index in [-0.39, 0.29) is 11.8 Å². The summed E-state index contributed by atoms with van der Waals surface area (Å²) in [6, 6.07) is 26.9. The second-order valence-corrected chi connectivity index (χ2v) is 9.39. The summed E-state index contributed by atoms with van der Waals surface area (Å²) in [5.74, 6) is 1.29. The summed E-state index contributed by atoms with van der Waals surface area (Å²) in [6.07, 6.45) is 2.73. The van der Waals surface area contributed by atoms with Gasteiger partial charge < -0.3 is 19.5 Å². The summed E-state index contributed by atoms with van der Waals surface area (Å²) in [5, 5.41) is 7.97. The number of halogens is 1. The number of hydrogen-bond acceptors (Lipinski definition) is 3. The Balaban J connectivity index is 1.53. The molecule has 0 spiro atoms. The van der Waals surface area contributed by atoms with E-state index in [1.807, 2.05) is 82.5 Å². The number of fused-ring (bicyclic) bond motifs is 3. The Morgan fingerprint density at radius 2 is 1.74 bits per heavy atom. The van der Waals surface area contributed by atoms with Gasteiger partial charge in [0.05, 0.1) is 36.8 Å². The van der Waals surface area contributed by atoms with Crippen LogP contribution in [-0.4, -0.2) is 32.4 Å². The van der Waals surface area contributed by atoms with E-state index in [2.05, 4.69) is 16.8 Å². The first-order chi connectivity index (χ1) is 19.1. The lowest BCUT2D eigenvalue weighted by molar-refractivity contribution is 0.194. The monoisotopic (exact) mass is 521 g/mol. The molecule has 7 nitrogen and oxygen atoms in total. The average molecular weight is 522 g/mol. The predicted molar refractivity (Wildman–Crippen MR) is 148 cm³/mol. The fourth-order valence-corrected chi connectivity index (χ4v) is 5.21. The summed E-state index contributed by atoms with van der Waals surface area (Å²) in [4.78, 5) is 15.8. The summed E-state index contributed by atoms with van der Waals surface area (Å²) < 4.78 is 23.0. The number of benzene rings is 3. The molecule has 1 N–H and O–H groups in total. The number of urea groups is 1. The third kappa shape index (κ3) is 4.44. The highest BCUT2D eigenvalue weighted by molar-refractivity contribution is 5.90. The van der Waals surface area contributed by atoms with E-state index in [0.717, 1.165) is 39.8 Å². The van der Waals surface area contributed by atoms with E-state index in [0.29, 0.717) is 18.7 Å². The Labute approximate surface area is 226 Å². The number of carbonyl (C=O) groups excluding carboxylic acids is 1. The van der Waals surface area contributed by atoms with E-state index in [9.17, 15) is 9.18 Å². The number of aromatic nitrogens is 3. The van der Waals surface area contributed by atoms with Crippen LogP contribution in [0, 0.1) is 5.82 Å². The maximum atomic E-state index is 14.0. The van der Waals surface area contributed by atoms with Gasteiger partial charge in [0.2, 0.25) is 0 Å². The number of para-hydroxylation sites is 1. The first kappa shape index (κ1) is 24.5. The third-order valence-electron chi connectivity index (χ3n) is 7.09. The molecular formula is C31H28FN5O2. The van der Waals surface area contributed by atoms with Crippen molar-refractivity contribution in [3.8, 4) is 17.3 Å². The van der Waals surface area contributed by atoms with E-state index in [4.69, 9.17) is 9.84 Å². The van der Waals surface area contributed by atoms with E-state index in [1.165, 1.54) is 12.1 Å². The van der Waals surface area contributed by atoms with Crippen molar-refractivity contribution in [1.82, 2.24) is 19.2 Å². The normalized spacial score (nSPS) is 14.3. The topological polar surface area (TPSA) is 64.3 Å². The van der Waals surface area contributed by atoms with Crippen molar-refractivity contribution in [3.05, 3.63) is 126 Å². The number of ether oxygens (including phenoxy) is 1. The zero-order valence-electron chi connectivity index (χ0n) is 21.7. The fourth-order valence-electron chi connectivity index (χ4n) is 5.21. The maximum Gasteiger partial charge on any atom is 0.322 e. The number of rotatable bonds is 5. The maximum absolute atomic E-state index is 14.0. The first-order valence-corrected chi connectivity index (χ1v) is 12.9. The van der Waals surface area contributed by atoms with Crippen LogP contribution in [0.1, 0.15) is 35.5 Å². The van der Waals surface area contributed by atoms with Gasteiger partial charge in [0.15, 0.2) is 0 Å². The predicted octanol–water partition coefficient (Wildman–Crippen LogP) is 6.51. The van der Waals surface area contributed by atoms with Crippen LogP contribution in [0.15, 0.2) is 97.2 Å². The second-order valence-electron chi connectivity index (χ2n) is 9.39. The Hall–Kier alpha value is -4.85. The smallest absolute Gasteiger partial charge is 0.322 e. The molecule has 2 amide bonds. The highest BCUT2D eigenvalue weighted by atomic mass is 19.1. The molecule has 39 heavy (non-hydrogen) atoms. The van der Waals surface area contributed by atoms with Crippen LogP contribution in [0.25, 0.3) is 11.5 Å². The molecule has 2 aromatic heterocycles. The Morgan fingerprint density at radius 1 is 1.00 bits per heavy atom. The number of anilines is 1. The second kappa shape index (κ2) is 10.1. The molecule has 6 rings (SSSR count). The van der Waals surface area contributed by atoms with Gasteiger partial charge in [-0.1, -0.05) is 37.3 Å². The molecular weight excluding hydrogens is 493 g/mol. The van der Waals surface area contributed by atoms with Gasteiger partial charge in [-0.3, -0.25) is 0 Å². The summed E-state index contributed by atoms with van der Waals surface area (Å²) >= 11 is 0. The van der Waals surface area contributed by atoms with Gasteiger partial charge in [0, 0.05) is 17.4 Å². The SMILES string of the molecule is CCc1nn(-c2ccccc2)c2c1CN(C(=O)Nc1ccc(F)cc1)[C@@H](c1ccc(OC)cc1)c1cccn1-2. The zero-order valence-corrected chi connectivity index (χ0v) is 21.7. The van der Waals surface area contributed by atoms with Crippen LogP contribution in [0.3, 0.4) is 0 Å². The van der Waals surface area contributed by atoms with Gasteiger partial charge in [-0.05, 0) is 72.6 Å². The molecule has 1 atom stereocenters. The Bertz CT molecular complexity index is 1610. The molecule has 0 saturated heterocycles. The Morgan fingerprint density at radius 3 is 2.44 bits per heavy atom. The van der Waals surface area contributed by atoms with Crippen LogP contribution in [0.4, 0.5) is 14.9 Å². The van der Waals surface area contributed by atoms with Gasteiger partial charge in [-0.15, -0.1) is 0 Å². The van der Waals surface area contributed by atoms with Crippen LogP contribution in [-0.2, 0) is 13.0 Å². The molecule has 1 aliphatic heterocycles. The van der Waals surface area contributed by atoms with Crippen molar-refractivity contribution in [2.75, 3.05) is 12.4 Å². The number of hydrogen-bond donors (Lipinski definition) is 1. The minimum absolute atomic E-state index is 0.294. The van der Waals surface area contributed by atoms with E-state index in [1.54, 1.807) is 19.2 Å². The zero-order chi connectivity index (χ0) is 26.9. The summed E-state index contributed by atoms with van der Waals surface area (Å²) in [7, 11) is 1.63. The molecule has 3 aromatic carbocycles. The van der Waals surface area contributed by atoms with Gasteiger partial charge in [0.1, 0.15) is 17.4 Å². The highest BCUT2D eigenvalue weighted by Crippen LogP contribution is 2.39. The molecule has 196 valence electrons. The quantitative estimate of drug-likeness (QED) is 0.287. The van der Waals surface area contributed by atoms with Gasteiger partial charge in [-0.25, -0.2) is 13.9 Å². The number of methoxy groups -OCH3 is 1. The number of nitrogens with zero attached hydrogens (tertiary/aromatic N) is 4. The lowest BCUT2D eigenvalue weighted by Gasteiger charge is -2.31. The molecule has 3 heterocycles. The number of amides is 2. The number of nitrogens with one attached hydrogen (secondary N) is 1. The largest absolute Gasteiger partial charge is 0.497 e. The van der Waals surface area contributed by atoms with Crippen molar-refractivity contribution < 1.29 is 13.9 Å². The van der Waals surface area contributed by atoms with Crippen LogP contribution >= 0.6 is 0 Å². The molecule has 8 heteroatoms. The lowest BCUT2D eigenvalue weighted by Crippen LogP contribution is -2.38. The summed E-state index contributed by atoms with van der Waals surface area (Å²) in [5.41, 5.74) is 5.22. The molecule has 0 bridgehead atoms. The van der Waals surface area contributed by atoms with Gasteiger partial charge in [0.25, 0.3) is 0 Å². The van der Waals surface area contributed by atoms with Gasteiger partial charge >= 0.3 is 6.03 Å². The molecule has 0 fully saturated rings. The highest BCUT2D eigenvalue weighted by Gasteiger charge is 2.36. The van der Waals surface area contributed by atoms with E-state index >= 15 is 0 Å². The number of aryl methyl sites for hydroxylation is 1. The van der Waals surface area contributed by atoms with E-state index < -0.39 is 6.04 Å². The molecule has 1 aliphatic rings. The van der Waals surface area contributed by atoms with Crippen molar-refractivity contribution in [3.63, 3.8) is 0 Å². The van der Waals surface area contributed by atoms with Crippen LogP contribution < -0.4 is 10.1 Å². The first-order valence-electron chi connectivity index (χ1n) is 12.9. The Kier molecular flexibility index (Phi) is 6.36. The van der Waals surface area contributed by atoms with Crippen molar-refractivity contribution in [2.24, 2.45) is 0 Å². The molecule has 0 radical (unpaired) electrons. The van der Waals surface area contributed by atoms with Crippen molar-refractivity contribution in [1.29, 1.82) is 0 Å². The minimum atomic E-state index is -0.410. The lowest BCUT2D eigenvalue weighted by atomic mass is 10.0. The van der Waals surface area contributed by atoms with Crippen LogP contribution in [0.2, 0.25) is 0 Å². The third-order valence-corrected chi connectivity index (χ3v) is 7.09. The van der Waals surface area contributed by atoms with Crippen LogP contribution in [0.5, 0.6) is 5.75 Å². The molecule has 5 aromatic rings. The minimum Gasteiger partial charge on any atom is -0.497 e. The van der Waals surface area contributed by atoms with Crippen molar-refractivity contribution >= 4 is 11.7 Å². The average Bonchev–Trinajstić information content (AvgIpc) is 3.56. The molecule has 0 unspecified atom stereocenters. The fraction of sp³-hybridized carbons (Fsp3) is 0.161. The number of carbonyl (C=O) groups is 1. The molecule has 0 aliphatic carbocycles. The molecule has 0 saturated carbocycles.